The maximum Gasteiger partial charge on any atom is 0.255 e. The van der Waals surface area contributed by atoms with Gasteiger partial charge in [0.25, 0.3) is 11.8 Å². The standard InChI is InChI=1S/C23H27Cl2N3O2/c1-12-7-13(2)26-22(29)18(12)11-28-6-5-16-19(24)8-17(21(25)20(16)23(28)30)14(3)15-9-27(4)10-15/h7-8,14-15,18H,5-6,9-11H2,1-4H3. The van der Waals surface area contributed by atoms with E-state index in [4.69, 9.17) is 23.2 Å². The summed E-state index contributed by atoms with van der Waals surface area (Å²) in [6.07, 6.45) is 2.54. The molecular formula is C23H27Cl2N3O2. The number of carbonyl (C=O) groups is 2. The van der Waals surface area contributed by atoms with E-state index in [1.807, 2.05) is 26.0 Å². The van der Waals surface area contributed by atoms with Gasteiger partial charge in [-0.05, 0) is 62.4 Å². The topological polar surface area (TPSA) is 53.0 Å². The molecule has 7 heteroatoms. The van der Waals surface area contributed by atoms with Crippen LogP contribution in [0.15, 0.2) is 22.7 Å². The molecule has 0 aliphatic carbocycles. The number of fused-ring (bicyclic) bond motifs is 1. The van der Waals surface area contributed by atoms with Crippen molar-refractivity contribution < 1.29 is 9.59 Å². The summed E-state index contributed by atoms with van der Waals surface area (Å²) in [5, 5.41) is 1.13. The Bertz CT molecular complexity index is 979. The van der Waals surface area contributed by atoms with E-state index in [1.54, 1.807) is 4.90 Å². The number of nitrogens with zero attached hydrogens (tertiary/aromatic N) is 3. The third-order valence-corrected chi connectivity index (χ3v) is 7.49. The smallest absolute Gasteiger partial charge is 0.255 e. The van der Waals surface area contributed by atoms with E-state index in [-0.39, 0.29) is 17.7 Å². The van der Waals surface area contributed by atoms with Gasteiger partial charge in [0.2, 0.25) is 0 Å². The molecule has 1 fully saturated rings. The fourth-order valence-electron chi connectivity index (χ4n) is 4.83. The van der Waals surface area contributed by atoms with Crippen LogP contribution >= 0.6 is 23.2 Å². The average molecular weight is 448 g/mol. The number of halogens is 2. The van der Waals surface area contributed by atoms with Gasteiger partial charge in [-0.3, -0.25) is 9.59 Å². The third-order valence-electron chi connectivity index (χ3n) is 6.74. The summed E-state index contributed by atoms with van der Waals surface area (Å²) in [5.74, 6) is -0.00479. The maximum atomic E-state index is 13.4. The van der Waals surface area contributed by atoms with Crippen molar-refractivity contribution in [1.82, 2.24) is 9.80 Å². The van der Waals surface area contributed by atoms with Crippen LogP contribution in [-0.2, 0) is 11.2 Å². The van der Waals surface area contributed by atoms with E-state index in [2.05, 4.69) is 23.9 Å². The first-order valence-corrected chi connectivity index (χ1v) is 11.2. The number of dihydropyridines is 1. The number of rotatable bonds is 4. The largest absolute Gasteiger partial charge is 0.337 e. The zero-order valence-corrected chi connectivity index (χ0v) is 19.3. The molecule has 4 rings (SSSR count). The number of carbonyl (C=O) groups excluding carboxylic acids is 2. The lowest BCUT2D eigenvalue weighted by atomic mass is 9.81. The first kappa shape index (κ1) is 21.5. The lowest BCUT2D eigenvalue weighted by Crippen LogP contribution is -2.46. The highest BCUT2D eigenvalue weighted by Gasteiger charge is 2.36. The van der Waals surface area contributed by atoms with Crippen molar-refractivity contribution >= 4 is 40.7 Å². The first-order valence-electron chi connectivity index (χ1n) is 10.4. The summed E-state index contributed by atoms with van der Waals surface area (Å²) in [7, 11) is 2.10. The monoisotopic (exact) mass is 447 g/mol. The van der Waals surface area contributed by atoms with E-state index in [1.165, 1.54) is 0 Å². The second kappa shape index (κ2) is 8.10. The minimum Gasteiger partial charge on any atom is -0.337 e. The maximum absolute atomic E-state index is 13.4. The zero-order chi connectivity index (χ0) is 21.7. The molecule has 3 aliphatic rings. The molecule has 3 heterocycles. The Labute approximate surface area is 187 Å². The molecule has 2 atom stereocenters. The van der Waals surface area contributed by atoms with Gasteiger partial charge in [-0.15, -0.1) is 0 Å². The van der Waals surface area contributed by atoms with E-state index < -0.39 is 5.92 Å². The van der Waals surface area contributed by atoms with E-state index in [0.29, 0.717) is 46.7 Å². The molecule has 1 aromatic carbocycles. The molecule has 0 saturated carbocycles. The molecule has 0 N–H and O–H groups in total. The van der Waals surface area contributed by atoms with Gasteiger partial charge in [-0.25, -0.2) is 4.99 Å². The number of benzene rings is 1. The average Bonchev–Trinajstić information content (AvgIpc) is 2.65. The molecule has 0 spiro atoms. The third kappa shape index (κ3) is 3.72. The SMILES string of the molecule is CC1=CC(C)=NC(=O)C1CN1CCc2c(Cl)cc(C(C)C3CN(C)C3)c(Cl)c2C1=O. The van der Waals surface area contributed by atoms with Crippen molar-refractivity contribution in [3.05, 3.63) is 44.5 Å². The highest BCUT2D eigenvalue weighted by atomic mass is 35.5. The summed E-state index contributed by atoms with van der Waals surface area (Å²) < 4.78 is 0. The molecule has 5 nitrogen and oxygen atoms in total. The Hall–Kier alpha value is -1.69. The Balaban J connectivity index is 1.62. The van der Waals surface area contributed by atoms with Gasteiger partial charge in [0.15, 0.2) is 0 Å². The molecule has 0 bridgehead atoms. The van der Waals surface area contributed by atoms with E-state index in [9.17, 15) is 9.59 Å². The molecule has 0 radical (unpaired) electrons. The number of likely N-dealkylation sites (tertiary alicyclic amines) is 1. The normalized spacial score (nSPS) is 23.7. The van der Waals surface area contributed by atoms with Gasteiger partial charge in [0.05, 0.1) is 16.5 Å². The molecule has 30 heavy (non-hydrogen) atoms. The van der Waals surface area contributed by atoms with E-state index in [0.717, 1.165) is 29.8 Å². The summed E-state index contributed by atoms with van der Waals surface area (Å²) >= 11 is 13.4. The van der Waals surface area contributed by atoms with Crippen LogP contribution in [0.3, 0.4) is 0 Å². The number of amides is 2. The molecule has 2 unspecified atom stereocenters. The van der Waals surface area contributed by atoms with Gasteiger partial charge in [-0.2, -0.15) is 0 Å². The van der Waals surface area contributed by atoms with Crippen molar-refractivity contribution in [2.75, 3.05) is 33.2 Å². The van der Waals surface area contributed by atoms with Crippen LogP contribution in [0, 0.1) is 11.8 Å². The molecule has 2 amide bonds. The fourth-order valence-corrected chi connectivity index (χ4v) is 5.56. The summed E-state index contributed by atoms with van der Waals surface area (Å²) in [6, 6.07) is 1.95. The van der Waals surface area contributed by atoms with Crippen LogP contribution < -0.4 is 0 Å². The first-order chi connectivity index (χ1) is 14.2. The van der Waals surface area contributed by atoms with Crippen molar-refractivity contribution in [3.8, 4) is 0 Å². The highest BCUT2D eigenvalue weighted by Crippen LogP contribution is 2.41. The second-order valence-corrected chi connectivity index (χ2v) is 9.70. The lowest BCUT2D eigenvalue weighted by molar-refractivity contribution is -0.120. The van der Waals surface area contributed by atoms with Crippen LogP contribution in [0.25, 0.3) is 0 Å². The van der Waals surface area contributed by atoms with Crippen molar-refractivity contribution in [2.45, 2.75) is 33.1 Å². The number of hydrogen-bond acceptors (Lipinski definition) is 3. The molecule has 3 aliphatic heterocycles. The molecule has 160 valence electrons. The summed E-state index contributed by atoms with van der Waals surface area (Å²) in [4.78, 5) is 33.9. The van der Waals surface area contributed by atoms with Gasteiger partial charge in [0, 0.05) is 36.9 Å². The van der Waals surface area contributed by atoms with Crippen LogP contribution in [0.5, 0.6) is 0 Å². The van der Waals surface area contributed by atoms with Crippen LogP contribution in [-0.4, -0.2) is 60.6 Å². The Morgan fingerprint density at radius 1 is 1.23 bits per heavy atom. The number of hydrogen-bond donors (Lipinski definition) is 0. The van der Waals surface area contributed by atoms with Crippen molar-refractivity contribution in [2.24, 2.45) is 16.8 Å². The van der Waals surface area contributed by atoms with E-state index >= 15 is 0 Å². The van der Waals surface area contributed by atoms with Crippen molar-refractivity contribution in [3.63, 3.8) is 0 Å². The fraction of sp³-hybridized carbons (Fsp3) is 0.522. The second-order valence-electron chi connectivity index (χ2n) is 8.92. The summed E-state index contributed by atoms with van der Waals surface area (Å²) in [6.45, 7) is 8.75. The zero-order valence-electron chi connectivity index (χ0n) is 17.8. The van der Waals surface area contributed by atoms with Crippen LogP contribution in [0.2, 0.25) is 10.0 Å². The summed E-state index contributed by atoms with van der Waals surface area (Å²) in [5.41, 5.74) is 3.92. The minimum absolute atomic E-state index is 0.144. The van der Waals surface area contributed by atoms with Gasteiger partial charge in [0.1, 0.15) is 0 Å². The van der Waals surface area contributed by atoms with Gasteiger partial charge in [-0.1, -0.05) is 35.7 Å². The molecule has 0 aromatic heterocycles. The molecule has 1 aromatic rings. The molecular weight excluding hydrogens is 421 g/mol. The highest BCUT2D eigenvalue weighted by molar-refractivity contribution is 6.37. The predicted molar refractivity (Wildman–Crippen MR) is 121 cm³/mol. The number of allylic oxidation sites excluding steroid dienone is 1. The molecule has 1 saturated heterocycles. The Morgan fingerprint density at radius 3 is 2.57 bits per heavy atom. The lowest BCUT2D eigenvalue weighted by Gasteiger charge is -2.41. The van der Waals surface area contributed by atoms with Crippen molar-refractivity contribution in [1.29, 1.82) is 0 Å². The predicted octanol–water partition coefficient (Wildman–Crippen LogP) is 4.22. The Morgan fingerprint density at radius 2 is 1.93 bits per heavy atom. The number of aliphatic imine (C=N–C) groups is 1. The quantitative estimate of drug-likeness (QED) is 0.693. The van der Waals surface area contributed by atoms with Gasteiger partial charge >= 0.3 is 0 Å². The minimum atomic E-state index is -0.402. The van der Waals surface area contributed by atoms with Crippen LogP contribution in [0.4, 0.5) is 0 Å². The Kier molecular flexibility index (Phi) is 5.82. The van der Waals surface area contributed by atoms with Gasteiger partial charge < -0.3 is 9.80 Å². The van der Waals surface area contributed by atoms with Crippen LogP contribution in [0.1, 0.15) is 48.2 Å².